The fourth-order valence-electron chi connectivity index (χ4n) is 1.50. The van der Waals surface area contributed by atoms with Gasteiger partial charge < -0.3 is 9.26 Å². The van der Waals surface area contributed by atoms with Gasteiger partial charge in [0.05, 0.1) is 16.8 Å². The summed E-state index contributed by atoms with van der Waals surface area (Å²) in [5.74, 6) is -0.0537. The minimum absolute atomic E-state index is 0.0144. The van der Waals surface area contributed by atoms with E-state index in [1.165, 1.54) is 11.4 Å². The second-order valence-electron chi connectivity index (χ2n) is 4.08. The van der Waals surface area contributed by atoms with Crippen LogP contribution in [0.2, 0.25) is 0 Å². The Morgan fingerprint density at radius 3 is 2.70 bits per heavy atom. The van der Waals surface area contributed by atoms with Crippen LogP contribution in [0.15, 0.2) is 20.2 Å². The number of sulfonamides is 1. The van der Waals surface area contributed by atoms with E-state index >= 15 is 0 Å². The number of primary sulfonamides is 1. The summed E-state index contributed by atoms with van der Waals surface area (Å²) in [6.45, 7) is 3.47. The number of nitrogens with two attached hydrogens (primary N) is 1. The van der Waals surface area contributed by atoms with E-state index in [0.717, 1.165) is 11.3 Å². The van der Waals surface area contributed by atoms with E-state index in [0.29, 0.717) is 17.0 Å². The van der Waals surface area contributed by atoms with Crippen LogP contribution in [-0.4, -0.2) is 19.5 Å². The second-order valence-corrected chi connectivity index (χ2v) is 6.78. The summed E-state index contributed by atoms with van der Waals surface area (Å²) in [5, 5.41) is 10.1. The van der Waals surface area contributed by atoms with Crippen molar-refractivity contribution < 1.29 is 22.5 Å². The molecule has 0 atom stereocenters. The van der Waals surface area contributed by atoms with Gasteiger partial charge in [-0.05, 0) is 19.9 Å². The van der Waals surface area contributed by atoms with Gasteiger partial charge in [-0.2, -0.15) is 0 Å². The second kappa shape index (κ2) is 5.35. The lowest BCUT2D eigenvalue weighted by Gasteiger charge is -2.02. The van der Waals surface area contributed by atoms with Crippen LogP contribution in [0.5, 0.6) is 0 Å². The third-order valence-corrected chi connectivity index (χ3v) is 5.01. The maximum atomic E-state index is 11.8. The van der Waals surface area contributed by atoms with Crippen molar-refractivity contribution >= 4 is 27.3 Å². The van der Waals surface area contributed by atoms with Gasteiger partial charge in [0.25, 0.3) is 0 Å². The number of hydrogen-bond donors (Lipinski definition) is 1. The Bertz CT molecular complexity index is 725. The van der Waals surface area contributed by atoms with Crippen molar-refractivity contribution in [3.05, 3.63) is 34.0 Å². The molecule has 2 aromatic rings. The standard InChI is InChI=1S/C11H12N2O5S2/c1-6-9(7(2)18-13-6)4-17-11(14)8-3-10(19-5-8)20(12,15)16/h3,5H,4H2,1-2H3,(H2,12,15,16). The number of ether oxygens (including phenoxy) is 1. The van der Waals surface area contributed by atoms with Crippen LogP contribution in [0.1, 0.15) is 27.4 Å². The first kappa shape index (κ1) is 14.7. The molecule has 2 rings (SSSR count). The van der Waals surface area contributed by atoms with Crippen molar-refractivity contribution in [1.82, 2.24) is 5.16 Å². The summed E-state index contributed by atoms with van der Waals surface area (Å²) in [6.07, 6.45) is 0. The smallest absolute Gasteiger partial charge is 0.339 e. The van der Waals surface area contributed by atoms with Gasteiger partial charge in [-0.1, -0.05) is 5.16 Å². The first-order valence-corrected chi connectivity index (χ1v) is 7.92. The van der Waals surface area contributed by atoms with Crippen molar-refractivity contribution in [2.24, 2.45) is 5.14 Å². The highest BCUT2D eigenvalue weighted by molar-refractivity contribution is 7.91. The highest BCUT2D eigenvalue weighted by Crippen LogP contribution is 2.20. The molecule has 0 amide bonds. The molecule has 0 aliphatic rings. The van der Waals surface area contributed by atoms with E-state index in [1.54, 1.807) is 13.8 Å². The Kier molecular flexibility index (Phi) is 3.93. The van der Waals surface area contributed by atoms with Crippen LogP contribution in [0.4, 0.5) is 0 Å². The molecule has 0 unspecified atom stereocenters. The van der Waals surface area contributed by atoms with Crippen molar-refractivity contribution in [2.45, 2.75) is 24.7 Å². The summed E-state index contributed by atoms with van der Waals surface area (Å²) >= 11 is 0.870. The van der Waals surface area contributed by atoms with Crippen LogP contribution < -0.4 is 5.14 Å². The molecule has 0 aromatic carbocycles. The quantitative estimate of drug-likeness (QED) is 0.852. The van der Waals surface area contributed by atoms with Gasteiger partial charge in [-0.15, -0.1) is 11.3 Å². The molecular formula is C11H12N2O5S2. The molecule has 0 saturated carbocycles. The van der Waals surface area contributed by atoms with Gasteiger partial charge in [0.1, 0.15) is 16.6 Å². The van der Waals surface area contributed by atoms with Crippen LogP contribution in [-0.2, 0) is 21.4 Å². The highest BCUT2D eigenvalue weighted by atomic mass is 32.2. The molecular weight excluding hydrogens is 304 g/mol. The molecule has 0 aliphatic carbocycles. The van der Waals surface area contributed by atoms with Gasteiger partial charge >= 0.3 is 5.97 Å². The van der Waals surface area contributed by atoms with E-state index < -0.39 is 16.0 Å². The Morgan fingerprint density at radius 1 is 1.50 bits per heavy atom. The molecule has 0 saturated heterocycles. The molecule has 0 radical (unpaired) electrons. The largest absolute Gasteiger partial charge is 0.457 e. The maximum absolute atomic E-state index is 11.8. The summed E-state index contributed by atoms with van der Waals surface area (Å²) in [5.41, 5.74) is 1.48. The van der Waals surface area contributed by atoms with E-state index in [4.69, 9.17) is 14.4 Å². The van der Waals surface area contributed by atoms with Crippen LogP contribution in [0, 0.1) is 13.8 Å². The first-order valence-electron chi connectivity index (χ1n) is 5.49. The lowest BCUT2D eigenvalue weighted by Crippen LogP contribution is -2.10. The number of rotatable bonds is 4. The predicted octanol–water partition coefficient (Wildman–Crippen LogP) is 1.36. The van der Waals surface area contributed by atoms with Gasteiger partial charge in [0.15, 0.2) is 0 Å². The lowest BCUT2D eigenvalue weighted by molar-refractivity contribution is 0.0471. The Balaban J connectivity index is 2.08. The fourth-order valence-corrected chi connectivity index (χ4v) is 3.08. The Hall–Kier alpha value is -1.71. The monoisotopic (exact) mass is 316 g/mol. The summed E-state index contributed by atoms with van der Waals surface area (Å²) in [4.78, 5) is 11.8. The molecule has 20 heavy (non-hydrogen) atoms. The van der Waals surface area contributed by atoms with Crippen molar-refractivity contribution in [3.8, 4) is 0 Å². The van der Waals surface area contributed by atoms with Gasteiger partial charge in [0, 0.05) is 5.38 Å². The summed E-state index contributed by atoms with van der Waals surface area (Å²) in [6, 6.07) is 1.19. The van der Waals surface area contributed by atoms with Gasteiger partial charge in [-0.25, -0.2) is 18.4 Å². The molecule has 0 bridgehead atoms. The minimum Gasteiger partial charge on any atom is -0.457 e. The molecule has 0 fully saturated rings. The number of hydrogen-bond acceptors (Lipinski definition) is 7. The van der Waals surface area contributed by atoms with Crippen molar-refractivity contribution in [3.63, 3.8) is 0 Å². The highest BCUT2D eigenvalue weighted by Gasteiger charge is 2.17. The zero-order valence-electron chi connectivity index (χ0n) is 10.7. The third-order valence-electron chi connectivity index (χ3n) is 2.62. The Labute approximate surface area is 119 Å². The van der Waals surface area contributed by atoms with E-state index in [9.17, 15) is 13.2 Å². The normalized spacial score (nSPS) is 11.6. The predicted molar refractivity (Wildman–Crippen MR) is 70.8 cm³/mol. The van der Waals surface area contributed by atoms with E-state index in [2.05, 4.69) is 5.16 Å². The minimum atomic E-state index is -3.80. The molecule has 9 heteroatoms. The molecule has 108 valence electrons. The molecule has 0 spiro atoms. The molecule has 2 heterocycles. The SMILES string of the molecule is Cc1noc(C)c1COC(=O)c1csc(S(N)(=O)=O)c1. The van der Waals surface area contributed by atoms with Crippen LogP contribution in [0.25, 0.3) is 0 Å². The Morgan fingerprint density at radius 2 is 2.20 bits per heavy atom. The summed E-state index contributed by atoms with van der Waals surface area (Å²) < 4.78 is 32.2. The van der Waals surface area contributed by atoms with E-state index in [-0.39, 0.29) is 16.4 Å². The molecule has 0 aliphatic heterocycles. The number of thiophene rings is 1. The average Bonchev–Trinajstić information content (AvgIpc) is 2.95. The van der Waals surface area contributed by atoms with Crippen LogP contribution >= 0.6 is 11.3 Å². The number of carbonyl (C=O) groups is 1. The van der Waals surface area contributed by atoms with Crippen molar-refractivity contribution in [1.29, 1.82) is 0 Å². The third kappa shape index (κ3) is 3.06. The maximum Gasteiger partial charge on any atom is 0.339 e. The fraction of sp³-hybridized carbons (Fsp3) is 0.273. The van der Waals surface area contributed by atoms with E-state index in [1.807, 2.05) is 0 Å². The molecule has 7 nitrogen and oxygen atoms in total. The topological polar surface area (TPSA) is 112 Å². The van der Waals surface area contributed by atoms with Gasteiger partial charge in [0.2, 0.25) is 10.0 Å². The zero-order chi connectivity index (χ0) is 14.9. The van der Waals surface area contributed by atoms with Crippen LogP contribution in [0.3, 0.4) is 0 Å². The number of carbonyl (C=O) groups excluding carboxylic acids is 1. The average molecular weight is 316 g/mol. The summed E-state index contributed by atoms with van der Waals surface area (Å²) in [7, 11) is -3.80. The first-order chi connectivity index (χ1) is 9.29. The number of aromatic nitrogens is 1. The van der Waals surface area contributed by atoms with Gasteiger partial charge in [-0.3, -0.25) is 0 Å². The van der Waals surface area contributed by atoms with Crippen molar-refractivity contribution in [2.75, 3.05) is 0 Å². The number of aryl methyl sites for hydroxylation is 2. The molecule has 2 aromatic heterocycles. The zero-order valence-corrected chi connectivity index (χ0v) is 12.4. The number of nitrogens with zero attached hydrogens (tertiary/aromatic N) is 1. The lowest BCUT2D eigenvalue weighted by atomic mass is 10.2. The molecule has 2 N–H and O–H groups in total. The number of esters is 1.